The summed E-state index contributed by atoms with van der Waals surface area (Å²) >= 11 is 0. The maximum atomic E-state index is 9.14. The quantitative estimate of drug-likeness (QED) is 0.662. The van der Waals surface area contributed by atoms with Gasteiger partial charge >= 0.3 is 0 Å². The van der Waals surface area contributed by atoms with Gasteiger partial charge in [0.2, 0.25) is 0 Å². The number of aliphatic hydroxyl groups excluding tert-OH is 2. The maximum absolute atomic E-state index is 9.14. The molecule has 0 radical (unpaired) electrons. The fourth-order valence-electron chi connectivity index (χ4n) is 4.52. The monoisotopic (exact) mass is 378 g/mol. The lowest BCUT2D eigenvalue weighted by atomic mass is 9.95. The number of allylic oxidation sites excluding steroid dienone is 2. The summed E-state index contributed by atoms with van der Waals surface area (Å²) in [6, 6.07) is 13.4. The molecule has 0 aliphatic heterocycles. The Kier molecular flexibility index (Phi) is 6.13. The molecule has 0 saturated heterocycles. The van der Waals surface area contributed by atoms with Crippen LogP contribution in [0.1, 0.15) is 59.9 Å². The predicted octanol–water partition coefficient (Wildman–Crippen LogP) is 4.57. The third-order valence-corrected chi connectivity index (χ3v) is 6.00. The minimum absolute atomic E-state index is 0.226. The Morgan fingerprint density at radius 1 is 0.714 bits per heavy atom. The summed E-state index contributed by atoms with van der Waals surface area (Å²) < 4.78 is 5.92. The minimum Gasteiger partial charge on any atom is -0.494 e. The van der Waals surface area contributed by atoms with Gasteiger partial charge in [-0.05, 0) is 102 Å². The van der Waals surface area contributed by atoms with Crippen molar-refractivity contribution in [2.45, 2.75) is 51.4 Å². The predicted molar refractivity (Wildman–Crippen MR) is 114 cm³/mol. The molecule has 0 atom stereocenters. The maximum Gasteiger partial charge on any atom is 0.119 e. The molecule has 4 rings (SSSR count). The molecule has 28 heavy (non-hydrogen) atoms. The van der Waals surface area contributed by atoms with E-state index in [1.807, 2.05) is 0 Å². The van der Waals surface area contributed by atoms with Crippen molar-refractivity contribution in [1.29, 1.82) is 0 Å². The summed E-state index contributed by atoms with van der Waals surface area (Å²) in [5, 5.41) is 18.1. The van der Waals surface area contributed by atoms with Gasteiger partial charge in [-0.25, -0.2) is 0 Å². The molecule has 2 N–H and O–H groups in total. The first-order valence-corrected chi connectivity index (χ1v) is 10.6. The van der Waals surface area contributed by atoms with Crippen molar-refractivity contribution in [1.82, 2.24) is 0 Å². The van der Waals surface area contributed by atoms with Gasteiger partial charge in [0, 0.05) is 13.2 Å². The van der Waals surface area contributed by atoms with E-state index in [0.717, 1.165) is 57.1 Å². The smallest absolute Gasteiger partial charge is 0.119 e. The Morgan fingerprint density at radius 3 is 2.11 bits per heavy atom. The van der Waals surface area contributed by atoms with E-state index in [4.69, 9.17) is 14.9 Å². The second kappa shape index (κ2) is 8.93. The average molecular weight is 379 g/mol. The number of aryl methyl sites for hydroxylation is 3. The molecule has 0 unspecified atom stereocenters. The zero-order chi connectivity index (χ0) is 19.3. The largest absolute Gasteiger partial charge is 0.494 e. The van der Waals surface area contributed by atoms with Crippen molar-refractivity contribution >= 4 is 11.1 Å². The molecule has 0 spiro atoms. The summed E-state index contributed by atoms with van der Waals surface area (Å²) in [4.78, 5) is 0. The van der Waals surface area contributed by atoms with Crippen molar-refractivity contribution in [2.24, 2.45) is 0 Å². The molecule has 0 bridgehead atoms. The lowest BCUT2D eigenvalue weighted by molar-refractivity contribution is 0.253. The fourth-order valence-corrected chi connectivity index (χ4v) is 4.52. The minimum atomic E-state index is 0.226. The van der Waals surface area contributed by atoms with Crippen LogP contribution in [0.2, 0.25) is 0 Å². The van der Waals surface area contributed by atoms with E-state index in [1.165, 1.54) is 39.0 Å². The first kappa shape index (κ1) is 19.2. The summed E-state index contributed by atoms with van der Waals surface area (Å²) in [7, 11) is 0. The van der Waals surface area contributed by atoms with Gasteiger partial charge in [0.05, 0.1) is 6.61 Å². The molecule has 2 aromatic rings. The SMILES string of the molecule is OCCCCOc1ccc2c(c1)/C(=C1/CCc3ccc(CCCO)cc31)CC2. The van der Waals surface area contributed by atoms with E-state index < -0.39 is 0 Å². The summed E-state index contributed by atoms with van der Waals surface area (Å²) in [6.45, 7) is 1.13. The molecule has 0 saturated carbocycles. The van der Waals surface area contributed by atoms with Crippen LogP contribution in [0.5, 0.6) is 5.75 Å². The van der Waals surface area contributed by atoms with Crippen molar-refractivity contribution in [3.8, 4) is 5.75 Å². The van der Waals surface area contributed by atoms with Crippen molar-refractivity contribution in [3.63, 3.8) is 0 Å². The zero-order valence-electron chi connectivity index (χ0n) is 16.5. The molecular formula is C25H30O3. The standard InChI is InChI=1S/C25H30O3/c26-13-1-2-15-28-21-10-7-20-9-12-23(25(20)17-21)22-11-8-19-6-5-18(4-3-14-27)16-24(19)22/h5-7,10,16-17,26-27H,1-4,8-9,11-15H2/b23-22-. The third kappa shape index (κ3) is 4.01. The highest BCUT2D eigenvalue weighted by atomic mass is 16.5. The van der Waals surface area contributed by atoms with E-state index in [9.17, 15) is 0 Å². The van der Waals surface area contributed by atoms with Gasteiger partial charge in [-0.15, -0.1) is 0 Å². The van der Waals surface area contributed by atoms with E-state index in [2.05, 4.69) is 36.4 Å². The molecule has 3 heteroatoms. The zero-order valence-corrected chi connectivity index (χ0v) is 16.5. The van der Waals surface area contributed by atoms with E-state index in [0.29, 0.717) is 6.61 Å². The normalized spacial score (nSPS) is 17.6. The Balaban J connectivity index is 1.61. The molecular weight excluding hydrogens is 348 g/mol. The topological polar surface area (TPSA) is 49.7 Å². The number of hydrogen-bond acceptors (Lipinski definition) is 3. The van der Waals surface area contributed by atoms with Gasteiger partial charge in [0.25, 0.3) is 0 Å². The van der Waals surface area contributed by atoms with Crippen molar-refractivity contribution in [3.05, 3.63) is 64.2 Å². The molecule has 0 heterocycles. The number of aliphatic hydroxyl groups is 2. The third-order valence-electron chi connectivity index (χ3n) is 6.00. The molecule has 0 amide bonds. The van der Waals surface area contributed by atoms with Crippen LogP contribution in [0.3, 0.4) is 0 Å². The van der Waals surface area contributed by atoms with E-state index in [1.54, 1.807) is 0 Å². The number of ether oxygens (including phenoxy) is 1. The molecule has 2 aromatic carbocycles. The van der Waals surface area contributed by atoms with Gasteiger partial charge < -0.3 is 14.9 Å². The Morgan fingerprint density at radius 2 is 1.39 bits per heavy atom. The molecule has 0 fully saturated rings. The highest BCUT2D eigenvalue weighted by Gasteiger charge is 2.25. The number of hydrogen-bond donors (Lipinski definition) is 2. The van der Waals surface area contributed by atoms with Crippen LogP contribution in [-0.2, 0) is 19.3 Å². The van der Waals surface area contributed by atoms with Gasteiger partial charge in [-0.1, -0.05) is 24.3 Å². The number of fused-ring (bicyclic) bond motifs is 2. The lowest BCUT2D eigenvalue weighted by Crippen LogP contribution is -1.99. The number of unbranched alkanes of at least 4 members (excludes halogenated alkanes) is 1. The number of benzene rings is 2. The van der Waals surface area contributed by atoms with Gasteiger partial charge in [0.1, 0.15) is 5.75 Å². The van der Waals surface area contributed by atoms with Crippen molar-refractivity contribution in [2.75, 3.05) is 19.8 Å². The van der Waals surface area contributed by atoms with Crippen LogP contribution in [-0.4, -0.2) is 30.0 Å². The van der Waals surface area contributed by atoms with Crippen molar-refractivity contribution < 1.29 is 14.9 Å². The molecule has 3 nitrogen and oxygen atoms in total. The first-order valence-electron chi connectivity index (χ1n) is 10.6. The van der Waals surface area contributed by atoms with Gasteiger partial charge in [0.15, 0.2) is 0 Å². The summed E-state index contributed by atoms with van der Waals surface area (Å²) in [5.74, 6) is 0.937. The average Bonchev–Trinajstić information content (AvgIpc) is 3.32. The highest BCUT2D eigenvalue weighted by molar-refractivity contribution is 5.96. The van der Waals surface area contributed by atoms with E-state index >= 15 is 0 Å². The second-order valence-electron chi connectivity index (χ2n) is 7.87. The Hall–Kier alpha value is -2.10. The molecule has 148 valence electrons. The molecule has 0 aromatic heterocycles. The first-order chi connectivity index (χ1) is 13.8. The van der Waals surface area contributed by atoms with Crippen LogP contribution in [0.25, 0.3) is 11.1 Å². The van der Waals surface area contributed by atoms with Crippen LogP contribution in [0.15, 0.2) is 36.4 Å². The molecule has 2 aliphatic carbocycles. The Labute approximate surface area is 167 Å². The second-order valence-corrected chi connectivity index (χ2v) is 7.87. The fraction of sp³-hybridized carbons (Fsp3) is 0.440. The van der Waals surface area contributed by atoms with E-state index in [-0.39, 0.29) is 13.2 Å². The summed E-state index contributed by atoms with van der Waals surface area (Å²) in [6.07, 6.45) is 7.90. The van der Waals surface area contributed by atoms with Gasteiger partial charge in [-0.2, -0.15) is 0 Å². The number of rotatable bonds is 8. The van der Waals surface area contributed by atoms with Crippen LogP contribution in [0.4, 0.5) is 0 Å². The molecule has 2 aliphatic rings. The van der Waals surface area contributed by atoms with Crippen LogP contribution >= 0.6 is 0 Å². The Bertz CT molecular complexity index is 866. The summed E-state index contributed by atoms with van der Waals surface area (Å²) in [5.41, 5.74) is 10.0. The van der Waals surface area contributed by atoms with Gasteiger partial charge in [-0.3, -0.25) is 0 Å². The lowest BCUT2D eigenvalue weighted by Gasteiger charge is -2.12. The van der Waals surface area contributed by atoms with Crippen LogP contribution in [0, 0.1) is 0 Å². The van der Waals surface area contributed by atoms with Crippen LogP contribution < -0.4 is 4.74 Å². The highest BCUT2D eigenvalue weighted by Crippen LogP contribution is 2.44.